The normalized spacial score (nSPS) is 10.6. The predicted octanol–water partition coefficient (Wildman–Crippen LogP) is 3.95. The second-order valence-electron chi connectivity index (χ2n) is 6.56. The lowest BCUT2D eigenvalue weighted by atomic mass is 10.1. The zero-order valence-electron chi connectivity index (χ0n) is 17.6. The minimum Gasteiger partial charge on any atom is -0.496 e. The third kappa shape index (κ3) is 5.57. The molecule has 1 heterocycles. The molecule has 10 heteroatoms. The van der Waals surface area contributed by atoms with Gasteiger partial charge < -0.3 is 30.6 Å². The number of pyridine rings is 1. The fourth-order valence-electron chi connectivity index (χ4n) is 2.98. The van der Waals surface area contributed by atoms with Crippen molar-refractivity contribution >= 4 is 40.1 Å². The van der Waals surface area contributed by atoms with Crippen LogP contribution in [0.15, 0.2) is 42.6 Å². The second kappa shape index (κ2) is 10.7. The van der Waals surface area contributed by atoms with Crippen molar-refractivity contribution < 1.29 is 23.8 Å². The summed E-state index contributed by atoms with van der Waals surface area (Å²) < 4.78 is 16.6. The Morgan fingerprint density at radius 2 is 1.97 bits per heavy atom. The van der Waals surface area contributed by atoms with Gasteiger partial charge in [-0.15, -0.1) is 0 Å². The lowest BCUT2D eigenvalue weighted by Crippen LogP contribution is -2.27. The number of nitrogens with one attached hydrogen (secondary N) is 2. The number of carbonyl (C=O) groups excluding carboxylic acids is 2. The van der Waals surface area contributed by atoms with E-state index < -0.39 is 6.03 Å². The maximum absolute atomic E-state index is 12.7. The molecule has 1 aromatic heterocycles. The number of halogens is 1. The van der Waals surface area contributed by atoms with Crippen LogP contribution in [0.5, 0.6) is 17.2 Å². The number of rotatable bonds is 9. The van der Waals surface area contributed by atoms with Gasteiger partial charge >= 0.3 is 6.03 Å². The molecule has 0 aliphatic carbocycles. The van der Waals surface area contributed by atoms with Crippen LogP contribution in [0.1, 0.15) is 17.3 Å². The molecule has 0 saturated carbocycles. The van der Waals surface area contributed by atoms with E-state index in [-0.39, 0.29) is 10.9 Å². The topological polar surface area (TPSA) is 125 Å². The number of hydrogen-bond acceptors (Lipinski definition) is 6. The van der Waals surface area contributed by atoms with Crippen LogP contribution in [-0.4, -0.2) is 43.8 Å². The van der Waals surface area contributed by atoms with E-state index in [2.05, 4.69) is 15.6 Å². The van der Waals surface area contributed by atoms with Gasteiger partial charge in [-0.2, -0.15) is 0 Å². The van der Waals surface area contributed by atoms with Crippen molar-refractivity contribution in [2.45, 2.75) is 6.92 Å². The lowest BCUT2D eigenvalue weighted by Gasteiger charge is -2.14. The molecule has 0 bridgehead atoms. The van der Waals surface area contributed by atoms with Crippen LogP contribution in [0, 0.1) is 0 Å². The van der Waals surface area contributed by atoms with Gasteiger partial charge in [0.2, 0.25) is 0 Å². The van der Waals surface area contributed by atoms with E-state index in [1.807, 2.05) is 6.92 Å². The third-order valence-corrected chi connectivity index (χ3v) is 4.74. The van der Waals surface area contributed by atoms with Crippen LogP contribution < -0.4 is 25.8 Å². The van der Waals surface area contributed by atoms with Gasteiger partial charge in [0.25, 0.3) is 5.91 Å². The first-order valence-electron chi connectivity index (χ1n) is 9.79. The van der Waals surface area contributed by atoms with Crippen molar-refractivity contribution in [1.29, 1.82) is 0 Å². The van der Waals surface area contributed by atoms with Gasteiger partial charge in [-0.1, -0.05) is 11.6 Å². The molecule has 0 atom stereocenters. The van der Waals surface area contributed by atoms with Crippen molar-refractivity contribution in [1.82, 2.24) is 10.3 Å². The van der Waals surface area contributed by atoms with Crippen LogP contribution in [0.4, 0.5) is 10.5 Å². The summed E-state index contributed by atoms with van der Waals surface area (Å²) in [5.41, 5.74) is 6.42. The maximum Gasteiger partial charge on any atom is 0.316 e. The number of methoxy groups -OCH3 is 1. The standard InChI is InChI=1S/C22H23ClN4O5/c1-3-31-9-8-26-21(28)15-11-14-18(12-20(15)30-2)25-7-6-19(14)32-13-4-5-17(16(23)10-13)27-22(24)29/h4-7,10-12H,3,8-9H2,1-2H3,(H,26,28)(H3,24,27,29). The predicted molar refractivity (Wildman–Crippen MR) is 122 cm³/mol. The van der Waals surface area contributed by atoms with Gasteiger partial charge in [0, 0.05) is 36.9 Å². The molecule has 32 heavy (non-hydrogen) atoms. The summed E-state index contributed by atoms with van der Waals surface area (Å²) >= 11 is 6.19. The Bertz CT molecular complexity index is 1140. The van der Waals surface area contributed by atoms with E-state index in [0.29, 0.717) is 59.2 Å². The van der Waals surface area contributed by atoms with Crippen LogP contribution in [0.2, 0.25) is 5.02 Å². The minimum atomic E-state index is -0.721. The number of primary amides is 1. The molecule has 3 rings (SSSR count). The molecular weight excluding hydrogens is 436 g/mol. The number of urea groups is 1. The largest absolute Gasteiger partial charge is 0.496 e. The van der Waals surface area contributed by atoms with Crippen LogP contribution >= 0.6 is 11.6 Å². The maximum atomic E-state index is 12.7. The number of nitrogens with two attached hydrogens (primary N) is 1. The monoisotopic (exact) mass is 458 g/mol. The molecule has 168 valence electrons. The SMILES string of the molecule is CCOCCNC(=O)c1cc2c(Oc3ccc(NC(N)=O)c(Cl)c3)ccnc2cc1OC. The Hall–Kier alpha value is -3.56. The fourth-order valence-corrected chi connectivity index (χ4v) is 3.20. The molecule has 3 amide bonds. The highest BCUT2D eigenvalue weighted by molar-refractivity contribution is 6.33. The zero-order chi connectivity index (χ0) is 23.1. The van der Waals surface area contributed by atoms with Gasteiger partial charge in [-0.05, 0) is 31.2 Å². The Kier molecular flexibility index (Phi) is 7.69. The molecule has 0 aliphatic heterocycles. The first-order chi connectivity index (χ1) is 15.4. The quantitative estimate of drug-likeness (QED) is 0.417. The summed E-state index contributed by atoms with van der Waals surface area (Å²) in [7, 11) is 1.49. The minimum absolute atomic E-state index is 0.260. The number of ether oxygens (including phenoxy) is 3. The van der Waals surface area contributed by atoms with Crippen molar-refractivity contribution in [3.05, 3.63) is 53.2 Å². The molecule has 0 radical (unpaired) electrons. The Balaban J connectivity index is 1.92. The zero-order valence-corrected chi connectivity index (χ0v) is 18.4. The van der Waals surface area contributed by atoms with E-state index in [4.69, 9.17) is 31.5 Å². The van der Waals surface area contributed by atoms with Crippen molar-refractivity contribution in [3.8, 4) is 17.2 Å². The molecule has 4 N–H and O–H groups in total. The Labute approximate surface area is 189 Å². The van der Waals surface area contributed by atoms with Crippen LogP contribution in [-0.2, 0) is 4.74 Å². The molecule has 0 aliphatic rings. The molecule has 0 unspecified atom stereocenters. The molecule has 2 aromatic carbocycles. The number of benzene rings is 2. The summed E-state index contributed by atoms with van der Waals surface area (Å²) in [6.45, 7) is 3.24. The Morgan fingerprint density at radius 1 is 1.16 bits per heavy atom. The van der Waals surface area contributed by atoms with Gasteiger partial charge in [0.05, 0.1) is 35.5 Å². The van der Waals surface area contributed by atoms with Gasteiger partial charge in [0.1, 0.15) is 17.2 Å². The van der Waals surface area contributed by atoms with E-state index in [0.717, 1.165) is 0 Å². The van der Waals surface area contributed by atoms with Gasteiger partial charge in [0.15, 0.2) is 0 Å². The molecule has 9 nitrogen and oxygen atoms in total. The van der Waals surface area contributed by atoms with E-state index in [9.17, 15) is 9.59 Å². The summed E-state index contributed by atoms with van der Waals surface area (Å²) in [5.74, 6) is 0.980. The third-order valence-electron chi connectivity index (χ3n) is 4.43. The fraction of sp³-hybridized carbons (Fsp3) is 0.227. The van der Waals surface area contributed by atoms with Gasteiger partial charge in [-0.3, -0.25) is 9.78 Å². The first kappa shape index (κ1) is 23.1. The highest BCUT2D eigenvalue weighted by atomic mass is 35.5. The van der Waals surface area contributed by atoms with E-state index >= 15 is 0 Å². The number of nitrogens with zero attached hydrogens (tertiary/aromatic N) is 1. The van der Waals surface area contributed by atoms with Crippen molar-refractivity contribution in [3.63, 3.8) is 0 Å². The number of aromatic nitrogens is 1. The number of anilines is 1. The van der Waals surface area contributed by atoms with Crippen LogP contribution in [0.25, 0.3) is 10.9 Å². The summed E-state index contributed by atoms with van der Waals surface area (Å²) in [5, 5.41) is 6.10. The van der Waals surface area contributed by atoms with Crippen LogP contribution in [0.3, 0.4) is 0 Å². The Morgan fingerprint density at radius 3 is 2.66 bits per heavy atom. The smallest absolute Gasteiger partial charge is 0.316 e. The number of carbonyl (C=O) groups is 2. The summed E-state index contributed by atoms with van der Waals surface area (Å²) in [6, 6.07) is 9.05. The van der Waals surface area contributed by atoms with Gasteiger partial charge in [-0.25, -0.2) is 4.79 Å². The number of amides is 3. The first-order valence-corrected chi connectivity index (χ1v) is 10.2. The van der Waals surface area contributed by atoms with E-state index in [1.54, 1.807) is 42.6 Å². The molecule has 3 aromatic rings. The summed E-state index contributed by atoms with van der Waals surface area (Å²) in [4.78, 5) is 28.1. The molecule has 0 fully saturated rings. The molecule has 0 spiro atoms. The lowest BCUT2D eigenvalue weighted by molar-refractivity contribution is 0.0920. The second-order valence-corrected chi connectivity index (χ2v) is 6.97. The number of hydrogen-bond donors (Lipinski definition) is 3. The average Bonchev–Trinajstić information content (AvgIpc) is 2.77. The van der Waals surface area contributed by atoms with Crippen molar-refractivity contribution in [2.24, 2.45) is 5.73 Å². The van der Waals surface area contributed by atoms with E-state index in [1.165, 1.54) is 7.11 Å². The molecular formula is C22H23ClN4O5. The van der Waals surface area contributed by atoms with Crippen molar-refractivity contribution in [2.75, 3.05) is 32.2 Å². The highest BCUT2D eigenvalue weighted by Gasteiger charge is 2.16. The summed E-state index contributed by atoms with van der Waals surface area (Å²) in [6.07, 6.45) is 1.59. The number of fused-ring (bicyclic) bond motifs is 1. The average molecular weight is 459 g/mol. The highest BCUT2D eigenvalue weighted by Crippen LogP contribution is 2.35. The molecule has 0 saturated heterocycles.